The van der Waals surface area contributed by atoms with Crippen molar-refractivity contribution in [3.05, 3.63) is 0 Å². The Morgan fingerprint density at radius 1 is 1.13 bits per heavy atom. The van der Waals surface area contributed by atoms with Gasteiger partial charge in [0, 0.05) is 0 Å². The number of aliphatic carboxylic acids is 1. The predicted octanol–water partition coefficient (Wildman–Crippen LogP) is -0.429. The molecule has 0 heterocycles. The van der Waals surface area contributed by atoms with E-state index in [1.54, 1.807) is 0 Å². The Bertz CT molecular complexity index is 265. The summed E-state index contributed by atoms with van der Waals surface area (Å²) in [5, 5.41) is 10.1. The second-order valence-electron chi connectivity index (χ2n) is 3.64. The zero-order valence-corrected chi connectivity index (χ0v) is 8.36. The van der Waals surface area contributed by atoms with Crippen molar-refractivity contribution in [2.24, 2.45) is 0 Å². The summed E-state index contributed by atoms with van der Waals surface area (Å²) in [7, 11) is 0. The van der Waals surface area contributed by atoms with Gasteiger partial charge in [0.1, 0.15) is 18.5 Å². The summed E-state index contributed by atoms with van der Waals surface area (Å²) < 4.78 is 4.96. The fourth-order valence-corrected chi connectivity index (χ4v) is 1.61. The predicted molar refractivity (Wildman–Crippen MR) is 47.6 cm³/mol. The van der Waals surface area contributed by atoms with E-state index in [1.165, 1.54) is 0 Å². The highest BCUT2D eigenvalue weighted by Gasteiger charge is 2.19. The van der Waals surface area contributed by atoms with Crippen LogP contribution in [0.15, 0.2) is 0 Å². The van der Waals surface area contributed by atoms with Gasteiger partial charge in [-0.25, -0.2) is 0 Å². The number of ether oxygens (including phenoxy) is 1. The molecule has 5 nitrogen and oxygen atoms in total. The molecule has 1 fully saturated rings. The molecule has 0 aliphatic heterocycles. The first-order valence-corrected chi connectivity index (χ1v) is 5.03. The molecule has 0 amide bonds. The van der Waals surface area contributed by atoms with Gasteiger partial charge in [-0.2, -0.15) is 0 Å². The molecule has 1 aliphatic rings. The van der Waals surface area contributed by atoms with Crippen molar-refractivity contribution < 1.29 is 24.2 Å². The number of ketones is 1. The normalized spacial score (nSPS) is 17.1. The van der Waals surface area contributed by atoms with Crippen molar-refractivity contribution in [3.63, 3.8) is 0 Å². The van der Waals surface area contributed by atoms with E-state index >= 15 is 0 Å². The zero-order valence-electron chi connectivity index (χ0n) is 8.36. The quantitative estimate of drug-likeness (QED) is 0.359. The number of carboxylic acid groups (broad SMARTS) is 1. The molecular weight excluding hydrogens is 200 g/mol. The van der Waals surface area contributed by atoms with Gasteiger partial charge in [-0.1, -0.05) is 6.42 Å². The molecule has 0 spiro atoms. The average molecular weight is 213 g/mol. The van der Waals surface area contributed by atoms with Gasteiger partial charge in [-0.05, 0) is 25.7 Å². The highest BCUT2D eigenvalue weighted by Crippen LogP contribution is 2.20. The van der Waals surface area contributed by atoms with Crippen LogP contribution in [-0.4, -0.2) is 23.8 Å². The van der Waals surface area contributed by atoms with Crippen molar-refractivity contribution >= 4 is 17.7 Å². The minimum absolute atomic E-state index is 0.152. The Hall–Kier alpha value is -1.39. The molecule has 0 saturated heterocycles. The summed E-state index contributed by atoms with van der Waals surface area (Å²) in [6.45, 7) is 0. The molecule has 15 heavy (non-hydrogen) atoms. The van der Waals surface area contributed by atoms with Crippen LogP contribution in [0.1, 0.15) is 38.5 Å². The van der Waals surface area contributed by atoms with Crippen molar-refractivity contribution in [2.45, 2.75) is 44.6 Å². The minimum Gasteiger partial charge on any atom is -0.542 e. The lowest BCUT2D eigenvalue weighted by atomic mass is 9.98. The lowest BCUT2D eigenvalue weighted by molar-refractivity contribution is -0.300. The Morgan fingerprint density at radius 2 is 1.73 bits per heavy atom. The van der Waals surface area contributed by atoms with Crippen molar-refractivity contribution in [1.29, 1.82) is 0 Å². The molecule has 1 rings (SSSR count). The number of rotatable bonds is 4. The highest BCUT2D eigenvalue weighted by atomic mass is 16.5. The Kier molecular flexibility index (Phi) is 4.27. The van der Waals surface area contributed by atoms with Crippen molar-refractivity contribution in [3.8, 4) is 0 Å². The van der Waals surface area contributed by atoms with E-state index in [9.17, 15) is 19.5 Å². The number of carbonyl (C=O) groups is 3. The van der Waals surface area contributed by atoms with Crippen LogP contribution in [0.2, 0.25) is 0 Å². The first-order valence-electron chi connectivity index (χ1n) is 5.03. The molecular formula is C10H13O5-. The summed E-state index contributed by atoms with van der Waals surface area (Å²) in [6.07, 6.45) is 3.86. The summed E-state index contributed by atoms with van der Waals surface area (Å²) in [5.74, 6) is -3.83. The topological polar surface area (TPSA) is 83.5 Å². The van der Waals surface area contributed by atoms with Crippen LogP contribution in [0, 0.1) is 0 Å². The standard InChI is InChI=1S/C10H14O5/c11-8(10(13)14)6-9(12)15-7-4-2-1-3-5-7/h7H,1-6H2,(H,13,14)/p-1. The maximum Gasteiger partial charge on any atom is 0.314 e. The molecule has 0 radical (unpaired) electrons. The number of esters is 1. The maximum absolute atomic E-state index is 11.1. The van der Waals surface area contributed by atoms with Crippen LogP contribution >= 0.6 is 0 Å². The molecule has 0 atom stereocenters. The fourth-order valence-electron chi connectivity index (χ4n) is 1.61. The van der Waals surface area contributed by atoms with E-state index in [0.29, 0.717) is 0 Å². The van der Waals surface area contributed by atoms with Gasteiger partial charge < -0.3 is 14.6 Å². The van der Waals surface area contributed by atoms with Gasteiger partial charge >= 0.3 is 5.97 Å². The molecule has 5 heteroatoms. The van der Waals surface area contributed by atoms with Gasteiger partial charge in [-0.3, -0.25) is 9.59 Å². The van der Waals surface area contributed by atoms with Gasteiger partial charge in [0.15, 0.2) is 5.78 Å². The lowest BCUT2D eigenvalue weighted by Gasteiger charge is -2.21. The van der Waals surface area contributed by atoms with Crippen LogP contribution in [-0.2, 0) is 19.1 Å². The molecule has 0 bridgehead atoms. The van der Waals surface area contributed by atoms with Crippen LogP contribution in [0.5, 0.6) is 0 Å². The van der Waals surface area contributed by atoms with Crippen LogP contribution < -0.4 is 5.11 Å². The van der Waals surface area contributed by atoms with E-state index in [0.717, 1.165) is 32.1 Å². The number of Topliss-reactive ketones (excluding diaryl/α,β-unsaturated/α-hetero) is 1. The summed E-state index contributed by atoms with van der Waals surface area (Å²) in [4.78, 5) is 31.8. The molecule has 0 aromatic heterocycles. The van der Waals surface area contributed by atoms with Gasteiger partial charge in [0.05, 0.1) is 0 Å². The van der Waals surface area contributed by atoms with E-state index in [-0.39, 0.29) is 6.10 Å². The summed E-state index contributed by atoms with van der Waals surface area (Å²) >= 11 is 0. The smallest absolute Gasteiger partial charge is 0.314 e. The first kappa shape index (κ1) is 11.7. The number of hydrogen-bond donors (Lipinski definition) is 0. The Labute approximate surface area is 87.4 Å². The Morgan fingerprint density at radius 3 is 2.27 bits per heavy atom. The third-order valence-corrected chi connectivity index (χ3v) is 2.38. The minimum atomic E-state index is -1.84. The largest absolute Gasteiger partial charge is 0.542 e. The number of hydrogen-bond acceptors (Lipinski definition) is 5. The Balaban J connectivity index is 2.28. The SMILES string of the molecule is O=C(CC(=O)C(=O)[O-])OC1CCCCC1. The monoisotopic (exact) mass is 213 g/mol. The molecule has 0 unspecified atom stereocenters. The molecule has 0 N–H and O–H groups in total. The fraction of sp³-hybridized carbons (Fsp3) is 0.700. The van der Waals surface area contributed by atoms with Crippen molar-refractivity contribution in [1.82, 2.24) is 0 Å². The van der Waals surface area contributed by atoms with E-state index in [4.69, 9.17) is 4.74 Å². The molecule has 1 aliphatic carbocycles. The van der Waals surface area contributed by atoms with Crippen LogP contribution in [0.4, 0.5) is 0 Å². The van der Waals surface area contributed by atoms with Crippen molar-refractivity contribution in [2.75, 3.05) is 0 Å². The third kappa shape index (κ3) is 4.10. The number of carbonyl (C=O) groups excluding carboxylic acids is 3. The van der Waals surface area contributed by atoms with E-state index in [1.807, 2.05) is 0 Å². The maximum atomic E-state index is 11.1. The van der Waals surface area contributed by atoms with E-state index in [2.05, 4.69) is 0 Å². The third-order valence-electron chi connectivity index (χ3n) is 2.38. The van der Waals surface area contributed by atoms with Gasteiger partial charge in [0.25, 0.3) is 0 Å². The van der Waals surface area contributed by atoms with E-state index < -0.39 is 24.1 Å². The van der Waals surface area contributed by atoms with Gasteiger partial charge in [-0.15, -0.1) is 0 Å². The van der Waals surface area contributed by atoms with Crippen LogP contribution in [0.3, 0.4) is 0 Å². The molecule has 0 aromatic carbocycles. The molecule has 0 aromatic rings. The molecule has 84 valence electrons. The highest BCUT2D eigenvalue weighted by molar-refractivity contribution is 6.34. The number of carboxylic acids is 1. The second-order valence-corrected chi connectivity index (χ2v) is 3.64. The molecule has 1 saturated carbocycles. The average Bonchev–Trinajstić information content (AvgIpc) is 2.18. The summed E-state index contributed by atoms with van der Waals surface area (Å²) in [5.41, 5.74) is 0. The first-order chi connectivity index (χ1) is 7.09. The van der Waals surface area contributed by atoms with Crippen LogP contribution in [0.25, 0.3) is 0 Å². The lowest BCUT2D eigenvalue weighted by Crippen LogP contribution is -2.34. The zero-order chi connectivity index (χ0) is 11.3. The van der Waals surface area contributed by atoms with Gasteiger partial charge in [0.2, 0.25) is 0 Å². The second kappa shape index (κ2) is 5.48. The summed E-state index contributed by atoms with van der Waals surface area (Å²) in [6, 6.07) is 0.